The Hall–Kier alpha value is -1.91. The Morgan fingerprint density at radius 1 is 0.862 bits per heavy atom. The lowest BCUT2D eigenvalue weighted by Gasteiger charge is -2.15. The third-order valence-corrected chi connectivity index (χ3v) is 5.30. The zero-order chi connectivity index (χ0) is 20.6. The van der Waals surface area contributed by atoms with Crippen molar-refractivity contribution >= 4 is 34.8 Å². The summed E-state index contributed by atoms with van der Waals surface area (Å²) in [6.45, 7) is 1.85. The van der Waals surface area contributed by atoms with Crippen LogP contribution in [0.3, 0.4) is 0 Å². The van der Waals surface area contributed by atoms with Gasteiger partial charge in [-0.1, -0.05) is 71.2 Å². The molecule has 3 nitrogen and oxygen atoms in total. The van der Waals surface area contributed by atoms with Gasteiger partial charge in [0.1, 0.15) is 6.61 Å². The number of hydrogen-bond acceptors (Lipinski definition) is 3. The number of nitrogens with one attached hydrogen (secondary N) is 1. The standard InChI is InChI=1S/C23H22Cl3NO2/c1-28-22-12-17(14-27-10-9-18-7-8-19(24)13-20(18)25)11-21(26)23(22)29-15-16-5-3-2-4-6-16/h2-8,11-13,27H,9-10,14-15H2,1H3. The molecular weight excluding hydrogens is 429 g/mol. The molecule has 0 aliphatic carbocycles. The third-order valence-electron chi connectivity index (χ3n) is 4.43. The quantitative estimate of drug-likeness (QED) is 0.374. The van der Waals surface area contributed by atoms with Gasteiger partial charge in [0.2, 0.25) is 0 Å². The molecule has 0 aliphatic heterocycles. The van der Waals surface area contributed by atoms with E-state index in [1.165, 1.54) is 0 Å². The van der Waals surface area contributed by atoms with Gasteiger partial charge in [-0.15, -0.1) is 0 Å². The van der Waals surface area contributed by atoms with Gasteiger partial charge in [0.25, 0.3) is 0 Å². The average molecular weight is 451 g/mol. The zero-order valence-electron chi connectivity index (χ0n) is 16.1. The number of ether oxygens (including phenoxy) is 2. The summed E-state index contributed by atoms with van der Waals surface area (Å²) in [7, 11) is 1.61. The van der Waals surface area contributed by atoms with Crippen LogP contribution in [0.1, 0.15) is 16.7 Å². The maximum atomic E-state index is 6.46. The summed E-state index contributed by atoms with van der Waals surface area (Å²) in [6.07, 6.45) is 0.805. The van der Waals surface area contributed by atoms with E-state index in [1.807, 2.05) is 54.6 Å². The Morgan fingerprint density at radius 3 is 2.38 bits per heavy atom. The van der Waals surface area contributed by atoms with Crippen LogP contribution in [-0.2, 0) is 19.6 Å². The largest absolute Gasteiger partial charge is 0.493 e. The zero-order valence-corrected chi connectivity index (χ0v) is 18.3. The highest BCUT2D eigenvalue weighted by molar-refractivity contribution is 6.35. The molecule has 0 bridgehead atoms. The summed E-state index contributed by atoms with van der Waals surface area (Å²) in [5.74, 6) is 1.17. The fourth-order valence-electron chi connectivity index (χ4n) is 2.93. The molecule has 0 fully saturated rings. The van der Waals surface area contributed by atoms with Crippen molar-refractivity contribution in [3.05, 3.63) is 92.4 Å². The van der Waals surface area contributed by atoms with Gasteiger partial charge < -0.3 is 14.8 Å². The van der Waals surface area contributed by atoms with Crippen LogP contribution < -0.4 is 14.8 Å². The molecule has 3 aromatic rings. The molecule has 0 amide bonds. The molecule has 0 radical (unpaired) electrons. The number of benzene rings is 3. The topological polar surface area (TPSA) is 30.5 Å². The van der Waals surface area contributed by atoms with Crippen molar-refractivity contribution in [3.8, 4) is 11.5 Å². The Labute approximate surface area is 186 Å². The summed E-state index contributed by atoms with van der Waals surface area (Å²) in [5, 5.41) is 5.25. The lowest BCUT2D eigenvalue weighted by molar-refractivity contribution is 0.284. The fraction of sp³-hybridized carbons (Fsp3) is 0.217. The number of methoxy groups -OCH3 is 1. The van der Waals surface area contributed by atoms with Gasteiger partial charge in [-0.2, -0.15) is 0 Å². The van der Waals surface area contributed by atoms with E-state index in [4.69, 9.17) is 44.3 Å². The van der Waals surface area contributed by atoms with Gasteiger partial charge >= 0.3 is 0 Å². The molecule has 0 saturated heterocycles. The first kappa shape index (κ1) is 21.8. The minimum atomic E-state index is 0.427. The SMILES string of the molecule is COc1cc(CNCCc2ccc(Cl)cc2Cl)cc(Cl)c1OCc1ccccc1. The monoisotopic (exact) mass is 449 g/mol. The van der Waals surface area contributed by atoms with Crippen molar-refractivity contribution < 1.29 is 9.47 Å². The van der Waals surface area contributed by atoms with Crippen LogP contribution in [0.25, 0.3) is 0 Å². The van der Waals surface area contributed by atoms with E-state index in [1.54, 1.807) is 13.2 Å². The number of rotatable bonds is 9. The minimum absolute atomic E-state index is 0.427. The molecule has 0 saturated carbocycles. The van der Waals surface area contributed by atoms with E-state index >= 15 is 0 Å². The second-order valence-corrected chi connectivity index (χ2v) is 7.80. The van der Waals surface area contributed by atoms with E-state index in [9.17, 15) is 0 Å². The Morgan fingerprint density at radius 2 is 1.66 bits per heavy atom. The van der Waals surface area contributed by atoms with E-state index in [0.29, 0.717) is 39.7 Å². The molecule has 0 atom stereocenters. The molecule has 1 N–H and O–H groups in total. The first-order chi connectivity index (χ1) is 14.1. The second-order valence-electron chi connectivity index (χ2n) is 6.55. The molecule has 3 aromatic carbocycles. The molecule has 0 unspecified atom stereocenters. The Kier molecular flexibility index (Phi) is 8.08. The van der Waals surface area contributed by atoms with Crippen molar-refractivity contribution in [3.63, 3.8) is 0 Å². The normalized spacial score (nSPS) is 10.8. The predicted molar refractivity (Wildman–Crippen MR) is 121 cm³/mol. The molecule has 152 valence electrons. The second kappa shape index (κ2) is 10.7. The summed E-state index contributed by atoms with van der Waals surface area (Å²) in [4.78, 5) is 0. The van der Waals surface area contributed by atoms with Crippen molar-refractivity contribution in [2.75, 3.05) is 13.7 Å². The van der Waals surface area contributed by atoms with Gasteiger partial charge in [0, 0.05) is 16.6 Å². The molecule has 0 aromatic heterocycles. The van der Waals surface area contributed by atoms with Gasteiger partial charge in [0.05, 0.1) is 12.1 Å². The van der Waals surface area contributed by atoms with E-state index in [-0.39, 0.29) is 0 Å². The molecule has 6 heteroatoms. The Balaban J connectivity index is 1.58. The summed E-state index contributed by atoms with van der Waals surface area (Å²) >= 11 is 18.6. The van der Waals surface area contributed by atoms with Gasteiger partial charge in [0.15, 0.2) is 11.5 Å². The highest BCUT2D eigenvalue weighted by Gasteiger charge is 2.12. The Bertz CT molecular complexity index is 948. The van der Waals surface area contributed by atoms with Crippen LogP contribution in [0.15, 0.2) is 60.7 Å². The number of halogens is 3. The molecule has 0 spiro atoms. The molecule has 3 rings (SSSR count). The summed E-state index contributed by atoms with van der Waals surface area (Å²) < 4.78 is 11.4. The molecular formula is C23H22Cl3NO2. The van der Waals surface area contributed by atoms with Gasteiger partial charge in [-0.25, -0.2) is 0 Å². The van der Waals surface area contributed by atoms with E-state index < -0.39 is 0 Å². The highest BCUT2D eigenvalue weighted by Crippen LogP contribution is 2.37. The maximum Gasteiger partial charge on any atom is 0.180 e. The van der Waals surface area contributed by atoms with Crippen molar-refractivity contribution in [1.29, 1.82) is 0 Å². The number of hydrogen-bond donors (Lipinski definition) is 1. The first-order valence-electron chi connectivity index (χ1n) is 9.24. The van der Waals surface area contributed by atoms with Crippen LogP contribution in [0.2, 0.25) is 15.1 Å². The fourth-order valence-corrected chi connectivity index (χ4v) is 3.72. The van der Waals surface area contributed by atoms with Crippen LogP contribution in [0, 0.1) is 0 Å². The third kappa shape index (κ3) is 6.28. The van der Waals surface area contributed by atoms with E-state index in [2.05, 4.69) is 5.32 Å². The van der Waals surface area contributed by atoms with Crippen LogP contribution in [-0.4, -0.2) is 13.7 Å². The average Bonchev–Trinajstić information content (AvgIpc) is 2.72. The van der Waals surface area contributed by atoms with Crippen LogP contribution in [0.4, 0.5) is 0 Å². The van der Waals surface area contributed by atoms with E-state index in [0.717, 1.165) is 29.7 Å². The summed E-state index contributed by atoms with van der Waals surface area (Å²) in [6, 6.07) is 19.3. The van der Waals surface area contributed by atoms with Crippen molar-refractivity contribution in [2.45, 2.75) is 19.6 Å². The minimum Gasteiger partial charge on any atom is -0.493 e. The van der Waals surface area contributed by atoms with Crippen LogP contribution in [0.5, 0.6) is 11.5 Å². The smallest absolute Gasteiger partial charge is 0.180 e. The first-order valence-corrected chi connectivity index (χ1v) is 10.4. The van der Waals surface area contributed by atoms with Crippen molar-refractivity contribution in [2.24, 2.45) is 0 Å². The molecule has 0 heterocycles. The lowest BCUT2D eigenvalue weighted by Crippen LogP contribution is -2.17. The highest BCUT2D eigenvalue weighted by atomic mass is 35.5. The predicted octanol–water partition coefficient (Wildman–Crippen LogP) is 6.57. The van der Waals surface area contributed by atoms with Crippen LogP contribution >= 0.6 is 34.8 Å². The van der Waals surface area contributed by atoms with Crippen molar-refractivity contribution in [1.82, 2.24) is 5.32 Å². The summed E-state index contributed by atoms with van der Waals surface area (Å²) in [5.41, 5.74) is 3.14. The van der Waals surface area contributed by atoms with Gasteiger partial charge in [-0.3, -0.25) is 0 Å². The van der Waals surface area contributed by atoms with Gasteiger partial charge in [-0.05, 0) is 53.9 Å². The maximum absolute atomic E-state index is 6.46. The lowest BCUT2D eigenvalue weighted by atomic mass is 10.1. The molecule has 0 aliphatic rings. The molecule has 29 heavy (non-hydrogen) atoms.